The van der Waals surface area contributed by atoms with Crippen LogP contribution in [0.1, 0.15) is 23.8 Å². The molecule has 30 heavy (non-hydrogen) atoms. The van der Waals surface area contributed by atoms with Crippen LogP contribution >= 0.6 is 23.1 Å². The van der Waals surface area contributed by atoms with E-state index in [4.69, 9.17) is 0 Å². The molecule has 0 fully saturated rings. The van der Waals surface area contributed by atoms with Gasteiger partial charge in [0.15, 0.2) is 5.16 Å². The molecule has 1 aromatic carbocycles. The third-order valence-electron chi connectivity index (χ3n) is 5.55. The molecule has 0 spiro atoms. The number of thiophene rings is 1. The summed E-state index contributed by atoms with van der Waals surface area (Å²) in [7, 11) is 0. The third-order valence-corrected chi connectivity index (χ3v) is 7.55. The molecule has 0 bridgehead atoms. The number of amides is 2. The van der Waals surface area contributed by atoms with Crippen molar-refractivity contribution in [1.82, 2.24) is 9.97 Å². The first-order chi connectivity index (χ1) is 14.5. The van der Waals surface area contributed by atoms with Crippen LogP contribution in [0.4, 0.5) is 11.4 Å². The number of carbonyl (C=O) groups excluding carboxylic acids is 2. The van der Waals surface area contributed by atoms with Gasteiger partial charge in [0.05, 0.1) is 22.5 Å². The van der Waals surface area contributed by atoms with E-state index in [1.54, 1.807) is 23.5 Å². The van der Waals surface area contributed by atoms with Crippen LogP contribution in [0.5, 0.6) is 0 Å². The summed E-state index contributed by atoms with van der Waals surface area (Å²) in [6.07, 6.45) is 3.00. The maximum absolute atomic E-state index is 12.8. The number of nitrogens with zero attached hydrogens (tertiary/aromatic N) is 2. The molecule has 1 aliphatic heterocycles. The van der Waals surface area contributed by atoms with Crippen molar-refractivity contribution in [3.8, 4) is 0 Å². The summed E-state index contributed by atoms with van der Waals surface area (Å²) < 4.78 is 0. The van der Waals surface area contributed by atoms with Gasteiger partial charge in [-0.25, -0.2) is 4.98 Å². The lowest BCUT2D eigenvalue weighted by atomic mass is 9.89. The molecule has 0 saturated heterocycles. The van der Waals surface area contributed by atoms with Crippen LogP contribution in [-0.4, -0.2) is 34.1 Å². The quantitative estimate of drug-likeness (QED) is 0.482. The van der Waals surface area contributed by atoms with Crippen LogP contribution in [0.2, 0.25) is 0 Å². The largest absolute Gasteiger partial charge is 0.323 e. The van der Waals surface area contributed by atoms with Crippen LogP contribution in [0.15, 0.2) is 34.2 Å². The number of aryl methyl sites for hydroxylation is 1. The van der Waals surface area contributed by atoms with Crippen molar-refractivity contribution in [2.75, 3.05) is 22.5 Å². The average Bonchev–Trinajstić information content (AvgIpc) is 3.09. The molecule has 2 aromatic heterocycles. The van der Waals surface area contributed by atoms with Crippen LogP contribution in [0.25, 0.3) is 10.2 Å². The maximum atomic E-state index is 12.8. The highest BCUT2D eigenvalue weighted by atomic mass is 32.2. The Morgan fingerprint density at radius 3 is 3.03 bits per heavy atom. The summed E-state index contributed by atoms with van der Waals surface area (Å²) in [6.45, 7) is 2.21. The van der Waals surface area contributed by atoms with E-state index in [1.165, 1.54) is 21.5 Å². The van der Waals surface area contributed by atoms with E-state index in [2.05, 4.69) is 22.2 Å². The molecule has 1 atom stereocenters. The Hall–Kier alpha value is -2.65. The maximum Gasteiger partial charge on any atom is 0.260 e. The van der Waals surface area contributed by atoms with Gasteiger partial charge in [-0.1, -0.05) is 30.8 Å². The van der Waals surface area contributed by atoms with E-state index in [-0.39, 0.29) is 29.7 Å². The number of nitrogens with one attached hydrogen (secondary N) is 2. The fourth-order valence-corrected chi connectivity index (χ4v) is 6.24. The Morgan fingerprint density at radius 2 is 2.17 bits per heavy atom. The zero-order valence-corrected chi connectivity index (χ0v) is 18.0. The standard InChI is InChI=1S/C21H20N4O3S2/c1-11-6-7-12-15(8-11)30-20-18(12)19(28)23-21(24-20)29-10-17(27)25-9-16(26)22-13-4-2-3-5-14(13)25/h2-5,11H,6-10H2,1H3,(H,22,26)(H,23,24,28)/t11-/m0/s1. The second-order valence-electron chi connectivity index (χ2n) is 7.74. The zero-order valence-electron chi connectivity index (χ0n) is 16.4. The van der Waals surface area contributed by atoms with Crippen LogP contribution in [-0.2, 0) is 22.4 Å². The minimum Gasteiger partial charge on any atom is -0.323 e. The van der Waals surface area contributed by atoms with Crippen molar-refractivity contribution in [3.63, 3.8) is 0 Å². The number of hydrogen-bond acceptors (Lipinski definition) is 6. The van der Waals surface area contributed by atoms with Crippen molar-refractivity contribution >= 4 is 56.5 Å². The predicted molar refractivity (Wildman–Crippen MR) is 120 cm³/mol. The molecule has 3 heterocycles. The van der Waals surface area contributed by atoms with Crippen LogP contribution in [0, 0.1) is 5.92 Å². The number of H-pyrrole nitrogens is 1. The number of para-hydroxylation sites is 2. The number of carbonyl (C=O) groups is 2. The van der Waals surface area contributed by atoms with Crippen molar-refractivity contribution in [2.24, 2.45) is 5.92 Å². The van der Waals surface area contributed by atoms with Gasteiger partial charge >= 0.3 is 0 Å². The highest BCUT2D eigenvalue weighted by Gasteiger charge is 2.27. The van der Waals surface area contributed by atoms with Gasteiger partial charge in [-0.3, -0.25) is 14.4 Å². The molecule has 1 aliphatic carbocycles. The molecule has 5 rings (SSSR count). The lowest BCUT2D eigenvalue weighted by Crippen LogP contribution is -2.43. The first-order valence-corrected chi connectivity index (χ1v) is 11.7. The Labute approximate surface area is 180 Å². The zero-order chi connectivity index (χ0) is 20.8. The number of aromatic amines is 1. The number of rotatable bonds is 3. The first-order valence-electron chi connectivity index (χ1n) is 9.86. The monoisotopic (exact) mass is 440 g/mol. The van der Waals surface area contributed by atoms with Gasteiger partial charge in [0.1, 0.15) is 11.4 Å². The molecule has 7 nitrogen and oxygen atoms in total. The van der Waals surface area contributed by atoms with Gasteiger partial charge in [-0.05, 0) is 42.9 Å². The number of aromatic nitrogens is 2. The summed E-state index contributed by atoms with van der Waals surface area (Å²) in [5.74, 6) is 0.279. The fourth-order valence-electron chi connectivity index (χ4n) is 4.06. The topological polar surface area (TPSA) is 95.2 Å². The second kappa shape index (κ2) is 7.55. The summed E-state index contributed by atoms with van der Waals surface area (Å²) in [4.78, 5) is 48.4. The van der Waals surface area contributed by atoms with Crippen molar-refractivity contribution in [1.29, 1.82) is 0 Å². The highest BCUT2D eigenvalue weighted by molar-refractivity contribution is 7.99. The van der Waals surface area contributed by atoms with Gasteiger partial charge in [-0.2, -0.15) is 0 Å². The summed E-state index contributed by atoms with van der Waals surface area (Å²) in [6, 6.07) is 7.22. The van der Waals surface area contributed by atoms with Crippen molar-refractivity contribution < 1.29 is 9.59 Å². The molecule has 0 saturated carbocycles. The Kier molecular flexibility index (Phi) is 4.86. The molecular formula is C21H20N4O3S2. The van der Waals surface area contributed by atoms with E-state index in [9.17, 15) is 14.4 Å². The predicted octanol–water partition coefficient (Wildman–Crippen LogP) is 3.19. The molecular weight excluding hydrogens is 420 g/mol. The van der Waals surface area contributed by atoms with Gasteiger partial charge in [0.25, 0.3) is 5.56 Å². The number of thioether (sulfide) groups is 1. The minimum atomic E-state index is -0.224. The molecule has 9 heteroatoms. The third kappa shape index (κ3) is 3.41. The lowest BCUT2D eigenvalue weighted by Gasteiger charge is -2.28. The van der Waals surface area contributed by atoms with Gasteiger partial charge in [-0.15, -0.1) is 11.3 Å². The normalized spacial score (nSPS) is 18.1. The molecule has 0 unspecified atom stereocenters. The molecule has 2 aliphatic rings. The summed E-state index contributed by atoms with van der Waals surface area (Å²) in [5, 5.41) is 3.92. The summed E-state index contributed by atoms with van der Waals surface area (Å²) >= 11 is 2.78. The molecule has 154 valence electrons. The van der Waals surface area contributed by atoms with Crippen LogP contribution < -0.4 is 15.8 Å². The van der Waals surface area contributed by atoms with Crippen LogP contribution in [0.3, 0.4) is 0 Å². The van der Waals surface area contributed by atoms with Gasteiger partial charge in [0.2, 0.25) is 11.8 Å². The minimum absolute atomic E-state index is 0.0186. The van der Waals surface area contributed by atoms with Crippen molar-refractivity contribution in [3.05, 3.63) is 45.1 Å². The van der Waals surface area contributed by atoms with E-state index in [0.717, 1.165) is 29.7 Å². The van der Waals surface area contributed by atoms with E-state index >= 15 is 0 Å². The van der Waals surface area contributed by atoms with Gasteiger partial charge < -0.3 is 15.2 Å². The fraction of sp³-hybridized carbons (Fsp3) is 0.333. The van der Waals surface area contributed by atoms with Crippen molar-refractivity contribution in [2.45, 2.75) is 31.3 Å². The van der Waals surface area contributed by atoms with E-state index in [0.29, 0.717) is 27.8 Å². The number of anilines is 2. The lowest BCUT2D eigenvalue weighted by molar-refractivity contribution is -0.120. The highest BCUT2D eigenvalue weighted by Crippen LogP contribution is 2.36. The average molecular weight is 441 g/mol. The molecule has 3 aromatic rings. The first kappa shape index (κ1) is 19.3. The van der Waals surface area contributed by atoms with Gasteiger partial charge in [0, 0.05) is 4.88 Å². The smallest absolute Gasteiger partial charge is 0.260 e. The molecule has 2 N–H and O–H groups in total. The Bertz CT molecular complexity index is 1230. The Balaban J connectivity index is 1.37. The Morgan fingerprint density at radius 1 is 1.33 bits per heavy atom. The van der Waals surface area contributed by atoms with E-state index < -0.39 is 0 Å². The molecule has 0 radical (unpaired) electrons. The van der Waals surface area contributed by atoms with E-state index in [1.807, 2.05) is 12.1 Å². The number of benzene rings is 1. The second-order valence-corrected chi connectivity index (χ2v) is 9.78. The summed E-state index contributed by atoms with van der Waals surface area (Å²) in [5.41, 5.74) is 2.31. The number of hydrogen-bond donors (Lipinski definition) is 2. The SMILES string of the molecule is C[C@H]1CCc2c(sc3nc(SCC(=O)N4CC(=O)Nc5ccccc54)[nH]c(=O)c23)C1. The number of fused-ring (bicyclic) bond motifs is 4. The molecule has 2 amide bonds.